The molecule has 0 bridgehead atoms. The molecule has 3 nitrogen and oxygen atoms in total. The van der Waals surface area contributed by atoms with Crippen LogP contribution in [0.4, 0.5) is 5.69 Å². The van der Waals surface area contributed by atoms with E-state index in [2.05, 4.69) is 17.4 Å². The topological polar surface area (TPSA) is 32.3 Å². The molecular weight excluding hydrogens is 236 g/mol. The minimum absolute atomic E-state index is 0.178. The number of likely N-dealkylation sites (N-methyl/N-ethyl adjacent to an activating group) is 1. The molecule has 17 heavy (non-hydrogen) atoms. The van der Waals surface area contributed by atoms with Crippen LogP contribution in [0.15, 0.2) is 18.2 Å². The molecule has 0 saturated heterocycles. The van der Waals surface area contributed by atoms with Crippen molar-refractivity contribution >= 4 is 23.2 Å². The van der Waals surface area contributed by atoms with Crippen molar-refractivity contribution < 1.29 is 4.79 Å². The van der Waals surface area contributed by atoms with Crippen molar-refractivity contribution in [2.45, 2.75) is 12.8 Å². The van der Waals surface area contributed by atoms with Gasteiger partial charge in [-0.2, -0.15) is 0 Å². The monoisotopic (exact) mass is 252 g/mol. The van der Waals surface area contributed by atoms with Crippen molar-refractivity contribution in [1.29, 1.82) is 0 Å². The lowest BCUT2D eigenvalue weighted by atomic mass is 10.1. The standard InChI is InChI=1S/C13H17ClN2O/c1-16-12-3-2-10(4-6-15-7-5-14)8-11(12)9-13(16)17/h2-3,8,15H,4-7,9H2,1H3. The van der Waals surface area contributed by atoms with Crippen LogP contribution in [0, 0.1) is 0 Å². The maximum Gasteiger partial charge on any atom is 0.231 e. The van der Waals surface area contributed by atoms with Crippen LogP contribution in [-0.2, 0) is 17.6 Å². The number of anilines is 1. The van der Waals surface area contributed by atoms with Crippen molar-refractivity contribution in [3.63, 3.8) is 0 Å². The largest absolute Gasteiger partial charge is 0.315 e. The van der Waals surface area contributed by atoms with Gasteiger partial charge in [0.05, 0.1) is 6.42 Å². The molecule has 1 amide bonds. The second-order valence-corrected chi connectivity index (χ2v) is 4.66. The molecule has 4 heteroatoms. The second-order valence-electron chi connectivity index (χ2n) is 4.28. The Balaban J connectivity index is 1.98. The quantitative estimate of drug-likeness (QED) is 0.638. The number of fused-ring (bicyclic) bond motifs is 1. The van der Waals surface area contributed by atoms with Crippen LogP contribution in [0.3, 0.4) is 0 Å². The Bertz CT molecular complexity index is 420. The third-order valence-corrected chi connectivity index (χ3v) is 3.27. The summed E-state index contributed by atoms with van der Waals surface area (Å²) in [5.74, 6) is 0.821. The van der Waals surface area contributed by atoms with E-state index in [-0.39, 0.29) is 5.91 Å². The summed E-state index contributed by atoms with van der Waals surface area (Å²) in [6, 6.07) is 6.27. The summed E-state index contributed by atoms with van der Waals surface area (Å²) in [7, 11) is 1.83. The molecule has 1 aromatic rings. The number of carbonyl (C=O) groups is 1. The van der Waals surface area contributed by atoms with E-state index >= 15 is 0 Å². The predicted octanol–water partition coefficient (Wildman–Crippen LogP) is 1.58. The first kappa shape index (κ1) is 12.4. The lowest BCUT2D eigenvalue weighted by Gasteiger charge is -2.10. The van der Waals surface area contributed by atoms with Gasteiger partial charge in [-0.1, -0.05) is 12.1 Å². The number of amides is 1. The number of carbonyl (C=O) groups excluding carboxylic acids is 1. The van der Waals surface area contributed by atoms with E-state index in [0.29, 0.717) is 12.3 Å². The SMILES string of the molecule is CN1C(=O)Cc2cc(CCNCCCl)ccc21. The van der Waals surface area contributed by atoms with Gasteiger partial charge in [0.15, 0.2) is 0 Å². The molecule has 0 unspecified atom stereocenters. The summed E-state index contributed by atoms with van der Waals surface area (Å²) >= 11 is 5.59. The molecule has 92 valence electrons. The fourth-order valence-corrected chi connectivity index (χ4v) is 2.24. The van der Waals surface area contributed by atoms with Crippen molar-refractivity contribution in [3.05, 3.63) is 29.3 Å². The summed E-state index contributed by atoms with van der Waals surface area (Å²) in [6.45, 7) is 1.77. The number of rotatable bonds is 5. The number of alkyl halides is 1. The van der Waals surface area contributed by atoms with Gasteiger partial charge >= 0.3 is 0 Å². The molecule has 1 aliphatic rings. The minimum atomic E-state index is 0.178. The molecule has 0 aromatic heterocycles. The average Bonchev–Trinajstić information content (AvgIpc) is 2.61. The van der Waals surface area contributed by atoms with E-state index in [1.807, 2.05) is 13.1 Å². The Morgan fingerprint density at radius 1 is 1.41 bits per heavy atom. The maximum atomic E-state index is 11.5. The lowest BCUT2D eigenvalue weighted by Crippen LogP contribution is -2.20. The Labute approximate surface area is 107 Å². The highest BCUT2D eigenvalue weighted by Crippen LogP contribution is 2.28. The number of benzene rings is 1. The van der Waals surface area contributed by atoms with Crippen LogP contribution in [0.25, 0.3) is 0 Å². The Hall–Kier alpha value is -1.06. The van der Waals surface area contributed by atoms with E-state index in [1.165, 1.54) is 5.56 Å². The van der Waals surface area contributed by atoms with E-state index in [0.717, 1.165) is 30.8 Å². The van der Waals surface area contributed by atoms with Gasteiger partial charge in [-0.3, -0.25) is 4.79 Å². The van der Waals surface area contributed by atoms with E-state index in [9.17, 15) is 4.79 Å². The van der Waals surface area contributed by atoms with Crippen LogP contribution < -0.4 is 10.2 Å². The highest BCUT2D eigenvalue weighted by atomic mass is 35.5. The number of hydrogen-bond donors (Lipinski definition) is 1. The molecule has 0 fully saturated rings. The first-order chi connectivity index (χ1) is 8.22. The summed E-state index contributed by atoms with van der Waals surface area (Å²) in [6.07, 6.45) is 1.51. The van der Waals surface area contributed by atoms with Crippen molar-refractivity contribution in [1.82, 2.24) is 5.32 Å². The molecule has 0 radical (unpaired) electrons. The minimum Gasteiger partial charge on any atom is -0.315 e. The molecule has 2 rings (SSSR count). The molecule has 0 aliphatic carbocycles. The molecule has 1 heterocycles. The zero-order valence-electron chi connectivity index (χ0n) is 10.0. The van der Waals surface area contributed by atoms with Gasteiger partial charge in [-0.05, 0) is 30.2 Å². The van der Waals surface area contributed by atoms with Gasteiger partial charge in [0.1, 0.15) is 0 Å². The average molecular weight is 253 g/mol. The Morgan fingerprint density at radius 3 is 3.00 bits per heavy atom. The summed E-state index contributed by atoms with van der Waals surface area (Å²) in [5, 5.41) is 3.26. The normalized spacial score (nSPS) is 14.2. The highest BCUT2D eigenvalue weighted by Gasteiger charge is 2.23. The summed E-state index contributed by atoms with van der Waals surface area (Å²) in [4.78, 5) is 13.3. The zero-order valence-corrected chi connectivity index (χ0v) is 10.8. The molecule has 1 N–H and O–H groups in total. The van der Waals surface area contributed by atoms with Crippen molar-refractivity contribution in [3.8, 4) is 0 Å². The zero-order chi connectivity index (χ0) is 12.3. The summed E-state index contributed by atoms with van der Waals surface area (Å²) in [5.41, 5.74) is 3.47. The molecule has 1 aliphatic heterocycles. The fraction of sp³-hybridized carbons (Fsp3) is 0.462. The van der Waals surface area contributed by atoms with E-state index in [1.54, 1.807) is 4.90 Å². The first-order valence-electron chi connectivity index (χ1n) is 5.87. The van der Waals surface area contributed by atoms with E-state index < -0.39 is 0 Å². The van der Waals surface area contributed by atoms with Gasteiger partial charge in [0.25, 0.3) is 0 Å². The fourth-order valence-electron chi connectivity index (χ4n) is 2.10. The first-order valence-corrected chi connectivity index (χ1v) is 6.41. The Morgan fingerprint density at radius 2 is 2.24 bits per heavy atom. The highest BCUT2D eigenvalue weighted by molar-refractivity contribution is 6.18. The van der Waals surface area contributed by atoms with Crippen LogP contribution in [-0.4, -0.2) is 31.9 Å². The van der Waals surface area contributed by atoms with Crippen molar-refractivity contribution in [2.24, 2.45) is 0 Å². The van der Waals surface area contributed by atoms with Crippen LogP contribution in [0.5, 0.6) is 0 Å². The molecule has 1 aromatic carbocycles. The van der Waals surface area contributed by atoms with Gasteiger partial charge in [-0.25, -0.2) is 0 Å². The number of nitrogens with zero attached hydrogens (tertiary/aromatic N) is 1. The Kier molecular flexibility index (Phi) is 4.02. The van der Waals surface area contributed by atoms with Crippen molar-refractivity contribution in [2.75, 3.05) is 30.9 Å². The lowest BCUT2D eigenvalue weighted by molar-refractivity contribution is -0.117. The van der Waals surface area contributed by atoms with Gasteiger partial charge < -0.3 is 10.2 Å². The maximum absolute atomic E-state index is 11.5. The van der Waals surface area contributed by atoms with E-state index in [4.69, 9.17) is 11.6 Å². The number of nitrogens with one attached hydrogen (secondary N) is 1. The smallest absolute Gasteiger partial charge is 0.231 e. The predicted molar refractivity (Wildman–Crippen MR) is 70.8 cm³/mol. The molecule has 0 atom stereocenters. The molecule has 0 saturated carbocycles. The third kappa shape index (κ3) is 2.79. The number of hydrogen-bond acceptors (Lipinski definition) is 2. The third-order valence-electron chi connectivity index (χ3n) is 3.08. The molecular formula is C13H17ClN2O. The van der Waals surface area contributed by atoms with Gasteiger partial charge in [0, 0.05) is 25.2 Å². The second kappa shape index (κ2) is 5.52. The van der Waals surface area contributed by atoms with Gasteiger partial charge in [-0.15, -0.1) is 11.6 Å². The van der Waals surface area contributed by atoms with Crippen LogP contribution in [0.1, 0.15) is 11.1 Å². The molecule has 0 spiro atoms. The van der Waals surface area contributed by atoms with Gasteiger partial charge in [0.2, 0.25) is 5.91 Å². The number of halogens is 1. The van der Waals surface area contributed by atoms with Crippen LogP contribution in [0.2, 0.25) is 0 Å². The van der Waals surface area contributed by atoms with Crippen LogP contribution >= 0.6 is 11.6 Å². The summed E-state index contributed by atoms with van der Waals surface area (Å²) < 4.78 is 0.